The van der Waals surface area contributed by atoms with Gasteiger partial charge in [0, 0.05) is 10.4 Å². The number of aliphatic hydroxyl groups is 1. The van der Waals surface area contributed by atoms with Crippen molar-refractivity contribution >= 4 is 40.6 Å². The van der Waals surface area contributed by atoms with Crippen molar-refractivity contribution in [1.82, 2.24) is 4.98 Å². The smallest absolute Gasteiger partial charge is 0.335 e. The maximum absolute atomic E-state index is 11.4. The Morgan fingerprint density at radius 2 is 1.76 bits per heavy atom. The summed E-state index contributed by atoms with van der Waals surface area (Å²) < 4.78 is 0. The van der Waals surface area contributed by atoms with Gasteiger partial charge in [-0.15, -0.1) is 0 Å². The van der Waals surface area contributed by atoms with Gasteiger partial charge in [-0.3, -0.25) is 0 Å². The number of carboxylic acids is 1. The van der Waals surface area contributed by atoms with E-state index in [1.807, 2.05) is 72.8 Å². The van der Waals surface area contributed by atoms with Crippen molar-refractivity contribution in [2.75, 3.05) is 0 Å². The van der Waals surface area contributed by atoms with Crippen LogP contribution in [0.2, 0.25) is 5.02 Å². The molecule has 3 aromatic carbocycles. The first-order chi connectivity index (χ1) is 15.5. The fraction of sp³-hybridized carbons (Fsp3) is 0.111. The Bertz CT molecular complexity index is 1300. The molecule has 4 rings (SSSR count). The number of rotatable bonds is 7. The molecule has 0 saturated heterocycles. The first-order valence-electron chi connectivity index (χ1n) is 10.3. The molecule has 0 aliphatic heterocycles. The van der Waals surface area contributed by atoms with Crippen molar-refractivity contribution in [2.45, 2.75) is 18.9 Å². The lowest BCUT2D eigenvalue weighted by Gasteiger charge is -2.13. The standard InChI is InChI=1S/C27H22ClNO3.H2O/c28-22-12-9-20-10-14-23(29-25(20)17-22)13-8-18-4-3-6-21(16-18)26(30)15-11-19-5-1-2-7-24(19)27(31)32;/h1-10,12-14,16-17,26,30H,11,15H2,(H,31,32);1H2/t26-;/m0./s1. The number of aromatic carboxylic acids is 1. The van der Waals surface area contributed by atoms with Crippen LogP contribution in [0.4, 0.5) is 0 Å². The van der Waals surface area contributed by atoms with Crippen molar-refractivity contribution in [3.63, 3.8) is 0 Å². The minimum absolute atomic E-state index is 0. The maximum Gasteiger partial charge on any atom is 0.335 e. The molecular formula is C27H24ClNO4. The summed E-state index contributed by atoms with van der Waals surface area (Å²) in [5.74, 6) is -0.952. The number of pyridine rings is 1. The third-order valence-corrected chi connectivity index (χ3v) is 5.59. The Morgan fingerprint density at radius 1 is 0.970 bits per heavy atom. The zero-order valence-corrected chi connectivity index (χ0v) is 18.5. The van der Waals surface area contributed by atoms with Gasteiger partial charge < -0.3 is 15.7 Å². The molecule has 0 amide bonds. The number of aryl methyl sites for hydroxylation is 1. The highest BCUT2D eigenvalue weighted by atomic mass is 35.5. The summed E-state index contributed by atoms with van der Waals surface area (Å²) in [6, 6.07) is 24.2. The number of carbonyl (C=O) groups is 1. The normalized spacial score (nSPS) is 11.9. The molecular weight excluding hydrogens is 438 g/mol. The summed E-state index contributed by atoms with van der Waals surface area (Å²) in [4.78, 5) is 16.0. The van der Waals surface area contributed by atoms with Crippen LogP contribution in [0.25, 0.3) is 23.1 Å². The topological polar surface area (TPSA) is 102 Å². The fourth-order valence-electron chi connectivity index (χ4n) is 3.66. The van der Waals surface area contributed by atoms with Crippen molar-refractivity contribution < 1.29 is 20.5 Å². The molecule has 0 fully saturated rings. The summed E-state index contributed by atoms with van der Waals surface area (Å²) in [6.07, 6.45) is 4.10. The molecule has 0 radical (unpaired) electrons. The molecule has 4 N–H and O–H groups in total. The second-order valence-corrected chi connectivity index (χ2v) is 8.03. The van der Waals surface area contributed by atoms with E-state index >= 15 is 0 Å². The maximum atomic E-state index is 11.4. The molecule has 0 saturated carbocycles. The second-order valence-electron chi connectivity index (χ2n) is 7.59. The minimum Gasteiger partial charge on any atom is -0.478 e. The van der Waals surface area contributed by atoms with Gasteiger partial charge in [0.2, 0.25) is 0 Å². The first-order valence-corrected chi connectivity index (χ1v) is 10.7. The molecule has 4 aromatic rings. The van der Waals surface area contributed by atoms with Gasteiger partial charge in [-0.1, -0.05) is 66.2 Å². The molecule has 0 spiro atoms. The van der Waals surface area contributed by atoms with E-state index in [0.717, 1.165) is 33.3 Å². The average molecular weight is 462 g/mol. The molecule has 1 heterocycles. The summed E-state index contributed by atoms with van der Waals surface area (Å²) in [6.45, 7) is 0. The highest BCUT2D eigenvalue weighted by Gasteiger charge is 2.12. The van der Waals surface area contributed by atoms with E-state index in [0.29, 0.717) is 17.9 Å². The van der Waals surface area contributed by atoms with E-state index in [2.05, 4.69) is 4.98 Å². The Balaban J connectivity index is 0.00000306. The van der Waals surface area contributed by atoms with Gasteiger partial charge in [-0.2, -0.15) is 0 Å². The van der Waals surface area contributed by atoms with Crippen LogP contribution in [0.5, 0.6) is 0 Å². The number of carboxylic acid groups (broad SMARTS) is 1. The Morgan fingerprint density at radius 3 is 2.58 bits per heavy atom. The highest BCUT2D eigenvalue weighted by molar-refractivity contribution is 6.31. The van der Waals surface area contributed by atoms with Gasteiger partial charge in [-0.25, -0.2) is 9.78 Å². The highest BCUT2D eigenvalue weighted by Crippen LogP contribution is 2.23. The number of fused-ring (bicyclic) bond motifs is 1. The number of halogens is 1. The summed E-state index contributed by atoms with van der Waals surface area (Å²) in [7, 11) is 0. The van der Waals surface area contributed by atoms with Gasteiger partial charge in [0.15, 0.2) is 0 Å². The Hall–Kier alpha value is -3.51. The SMILES string of the molecule is O.O=C(O)c1ccccc1CC[C@H](O)c1cccc(C=Cc2ccc3ccc(Cl)cc3n2)c1. The average Bonchev–Trinajstić information content (AvgIpc) is 2.81. The molecule has 168 valence electrons. The van der Waals surface area contributed by atoms with E-state index in [9.17, 15) is 15.0 Å². The quantitative estimate of drug-likeness (QED) is 0.374. The van der Waals surface area contributed by atoms with Gasteiger partial charge in [0.25, 0.3) is 0 Å². The molecule has 0 unspecified atom stereocenters. The van der Waals surface area contributed by atoms with Crippen molar-refractivity contribution in [3.8, 4) is 0 Å². The molecule has 0 aliphatic carbocycles. The Labute approximate surface area is 196 Å². The van der Waals surface area contributed by atoms with Crippen LogP contribution in [0.15, 0.2) is 78.9 Å². The second kappa shape index (κ2) is 10.9. The molecule has 0 aliphatic rings. The molecule has 33 heavy (non-hydrogen) atoms. The lowest BCUT2D eigenvalue weighted by Crippen LogP contribution is -2.05. The number of hydrogen-bond acceptors (Lipinski definition) is 3. The van der Waals surface area contributed by atoms with Gasteiger partial charge in [0.1, 0.15) is 0 Å². The van der Waals surface area contributed by atoms with Gasteiger partial charge in [-0.05, 0) is 65.9 Å². The molecule has 0 bridgehead atoms. The predicted octanol–water partition coefficient (Wildman–Crippen LogP) is 5.60. The summed E-state index contributed by atoms with van der Waals surface area (Å²) >= 11 is 6.07. The number of aromatic nitrogens is 1. The summed E-state index contributed by atoms with van der Waals surface area (Å²) in [5.41, 5.74) is 4.39. The van der Waals surface area contributed by atoms with Crippen molar-refractivity contribution in [3.05, 3.63) is 112 Å². The molecule has 5 nitrogen and oxygen atoms in total. The van der Waals surface area contributed by atoms with Crippen LogP contribution in [-0.4, -0.2) is 26.6 Å². The fourth-order valence-corrected chi connectivity index (χ4v) is 3.82. The monoisotopic (exact) mass is 461 g/mol. The lowest BCUT2D eigenvalue weighted by atomic mass is 9.97. The molecule has 1 atom stereocenters. The predicted molar refractivity (Wildman–Crippen MR) is 132 cm³/mol. The third kappa shape index (κ3) is 6.05. The lowest BCUT2D eigenvalue weighted by molar-refractivity contribution is 0.0695. The van der Waals surface area contributed by atoms with Crippen LogP contribution in [0, 0.1) is 0 Å². The first kappa shape index (κ1) is 24.1. The largest absolute Gasteiger partial charge is 0.478 e. The van der Waals surface area contributed by atoms with E-state index < -0.39 is 12.1 Å². The van der Waals surface area contributed by atoms with Crippen molar-refractivity contribution in [1.29, 1.82) is 0 Å². The van der Waals surface area contributed by atoms with Crippen LogP contribution >= 0.6 is 11.6 Å². The minimum atomic E-state index is -0.952. The van der Waals surface area contributed by atoms with Crippen LogP contribution in [0.3, 0.4) is 0 Å². The van der Waals surface area contributed by atoms with Crippen molar-refractivity contribution in [2.24, 2.45) is 0 Å². The van der Waals surface area contributed by atoms with E-state index in [-0.39, 0.29) is 11.0 Å². The number of hydrogen-bond donors (Lipinski definition) is 2. The van der Waals surface area contributed by atoms with E-state index in [1.165, 1.54) is 0 Å². The number of nitrogens with zero attached hydrogens (tertiary/aromatic N) is 1. The molecule has 1 aromatic heterocycles. The van der Waals surface area contributed by atoms with E-state index in [4.69, 9.17) is 11.6 Å². The zero-order valence-electron chi connectivity index (χ0n) is 17.8. The molecule has 6 heteroatoms. The zero-order chi connectivity index (χ0) is 22.5. The van der Waals surface area contributed by atoms with Gasteiger partial charge >= 0.3 is 5.97 Å². The van der Waals surface area contributed by atoms with Crippen LogP contribution in [0.1, 0.15) is 45.3 Å². The van der Waals surface area contributed by atoms with Crippen LogP contribution in [-0.2, 0) is 6.42 Å². The van der Waals surface area contributed by atoms with Gasteiger partial charge in [0.05, 0.1) is 22.9 Å². The summed E-state index contributed by atoms with van der Waals surface area (Å²) in [5, 5.41) is 21.7. The third-order valence-electron chi connectivity index (χ3n) is 5.35. The number of benzene rings is 3. The Kier molecular flexibility index (Phi) is 7.96. The number of aliphatic hydroxyl groups excluding tert-OH is 1. The van der Waals surface area contributed by atoms with E-state index in [1.54, 1.807) is 18.2 Å². The van der Waals surface area contributed by atoms with Crippen LogP contribution < -0.4 is 0 Å².